The molecule has 0 saturated heterocycles. The van der Waals surface area contributed by atoms with Crippen LogP contribution in [0.2, 0.25) is 0 Å². The molecule has 2 N–H and O–H groups in total. The number of nitrogen functional groups attached to an aromatic ring is 1. The highest BCUT2D eigenvalue weighted by molar-refractivity contribution is 5.96. The number of carbonyl (C=O) groups is 1. The van der Waals surface area contributed by atoms with Crippen molar-refractivity contribution in [2.75, 3.05) is 12.3 Å². The van der Waals surface area contributed by atoms with Gasteiger partial charge in [-0.3, -0.25) is 4.79 Å². The average molecular weight is 285 g/mol. The molecule has 2 aromatic rings. The van der Waals surface area contributed by atoms with Crippen molar-refractivity contribution in [3.8, 4) is 6.07 Å². The third kappa shape index (κ3) is 3.36. The lowest BCUT2D eigenvalue weighted by molar-refractivity contribution is 0.0732. The molecule has 1 heterocycles. The van der Waals surface area contributed by atoms with Crippen LogP contribution in [0.3, 0.4) is 0 Å². The predicted octanol–water partition coefficient (Wildman–Crippen LogP) is 1.58. The van der Waals surface area contributed by atoms with E-state index in [1.807, 2.05) is 19.1 Å². The third-order valence-electron chi connectivity index (χ3n) is 2.95. The number of benzene rings is 1. The number of nitriles is 1. The van der Waals surface area contributed by atoms with Crippen molar-refractivity contribution in [1.82, 2.24) is 15.2 Å². The summed E-state index contributed by atoms with van der Waals surface area (Å²) in [5.41, 5.74) is 7.08. The van der Waals surface area contributed by atoms with Gasteiger partial charge >= 0.3 is 0 Å². The number of nitrogens with two attached hydrogens (primary N) is 1. The smallest absolute Gasteiger partial charge is 0.280 e. The van der Waals surface area contributed by atoms with Crippen LogP contribution in [-0.4, -0.2) is 27.7 Å². The van der Waals surface area contributed by atoms with Gasteiger partial charge in [-0.25, -0.2) is 4.63 Å². The van der Waals surface area contributed by atoms with E-state index in [1.54, 1.807) is 17.0 Å². The Kier molecular flexibility index (Phi) is 4.51. The van der Waals surface area contributed by atoms with E-state index in [0.717, 1.165) is 12.0 Å². The first-order valence-electron chi connectivity index (χ1n) is 6.52. The SMILES string of the molecule is CCCN(Cc1ccc(C#N)cc1)C(=O)c1nonc1N. The van der Waals surface area contributed by atoms with Gasteiger partial charge in [-0.2, -0.15) is 5.26 Å². The van der Waals surface area contributed by atoms with Crippen LogP contribution in [0.25, 0.3) is 0 Å². The summed E-state index contributed by atoms with van der Waals surface area (Å²) in [6.07, 6.45) is 0.799. The lowest BCUT2D eigenvalue weighted by Crippen LogP contribution is -2.32. The lowest BCUT2D eigenvalue weighted by atomic mass is 10.1. The van der Waals surface area contributed by atoms with Crippen molar-refractivity contribution in [1.29, 1.82) is 5.26 Å². The van der Waals surface area contributed by atoms with Crippen LogP contribution in [0.15, 0.2) is 28.9 Å². The zero-order valence-electron chi connectivity index (χ0n) is 11.6. The van der Waals surface area contributed by atoms with Gasteiger partial charge in [0, 0.05) is 13.1 Å². The molecule has 0 fully saturated rings. The van der Waals surface area contributed by atoms with Gasteiger partial charge in [-0.05, 0) is 34.4 Å². The first-order chi connectivity index (χ1) is 10.2. The van der Waals surface area contributed by atoms with Crippen LogP contribution in [0, 0.1) is 11.3 Å². The van der Waals surface area contributed by atoms with Crippen LogP contribution in [0.4, 0.5) is 5.82 Å². The minimum absolute atomic E-state index is 0.0130. The van der Waals surface area contributed by atoms with Gasteiger partial charge in [-0.1, -0.05) is 19.1 Å². The van der Waals surface area contributed by atoms with Crippen molar-refractivity contribution in [3.05, 3.63) is 41.1 Å². The summed E-state index contributed by atoms with van der Waals surface area (Å²) < 4.78 is 4.47. The van der Waals surface area contributed by atoms with Crippen LogP contribution in [0.1, 0.15) is 35.0 Å². The zero-order valence-corrected chi connectivity index (χ0v) is 11.6. The molecule has 0 aliphatic heterocycles. The Morgan fingerprint density at radius 1 is 1.38 bits per heavy atom. The Balaban J connectivity index is 2.17. The lowest BCUT2D eigenvalue weighted by Gasteiger charge is -2.21. The largest absolute Gasteiger partial charge is 0.379 e. The van der Waals surface area contributed by atoms with E-state index in [1.165, 1.54) is 0 Å². The van der Waals surface area contributed by atoms with Crippen molar-refractivity contribution in [2.45, 2.75) is 19.9 Å². The molecule has 0 aliphatic rings. The summed E-state index contributed by atoms with van der Waals surface area (Å²) in [6, 6.07) is 9.13. The van der Waals surface area contributed by atoms with Gasteiger partial charge in [0.15, 0.2) is 0 Å². The van der Waals surface area contributed by atoms with Crippen molar-refractivity contribution < 1.29 is 9.42 Å². The van der Waals surface area contributed by atoms with Crippen molar-refractivity contribution in [2.24, 2.45) is 0 Å². The number of hydrogen-bond donors (Lipinski definition) is 1. The second-order valence-electron chi connectivity index (χ2n) is 4.53. The van der Waals surface area contributed by atoms with E-state index in [9.17, 15) is 4.79 Å². The summed E-state index contributed by atoms with van der Waals surface area (Å²) >= 11 is 0. The molecule has 0 aliphatic carbocycles. The molecule has 0 radical (unpaired) electrons. The molecule has 0 saturated carbocycles. The quantitative estimate of drug-likeness (QED) is 0.893. The zero-order chi connectivity index (χ0) is 15.2. The Morgan fingerprint density at radius 3 is 2.62 bits per heavy atom. The molecule has 0 unspecified atom stereocenters. The maximum absolute atomic E-state index is 12.4. The highest BCUT2D eigenvalue weighted by Gasteiger charge is 2.22. The second kappa shape index (κ2) is 6.52. The Morgan fingerprint density at radius 2 is 2.10 bits per heavy atom. The molecule has 1 aromatic carbocycles. The molecular weight excluding hydrogens is 270 g/mol. The highest BCUT2D eigenvalue weighted by atomic mass is 16.6. The fourth-order valence-electron chi connectivity index (χ4n) is 1.92. The number of rotatable bonds is 5. The number of carbonyl (C=O) groups excluding carboxylic acids is 1. The summed E-state index contributed by atoms with van der Waals surface area (Å²) in [6.45, 7) is 2.94. The molecule has 21 heavy (non-hydrogen) atoms. The van der Waals surface area contributed by atoms with E-state index in [4.69, 9.17) is 11.0 Å². The molecule has 7 heteroatoms. The van der Waals surface area contributed by atoms with Gasteiger partial charge in [0.05, 0.1) is 11.6 Å². The van der Waals surface area contributed by atoms with E-state index in [-0.39, 0.29) is 17.4 Å². The number of amides is 1. The minimum Gasteiger partial charge on any atom is -0.379 e. The van der Waals surface area contributed by atoms with Gasteiger partial charge in [0.2, 0.25) is 11.5 Å². The molecule has 1 amide bonds. The minimum atomic E-state index is -0.319. The summed E-state index contributed by atoms with van der Waals surface area (Å²) in [4.78, 5) is 14.0. The van der Waals surface area contributed by atoms with Gasteiger partial charge < -0.3 is 10.6 Å². The van der Waals surface area contributed by atoms with Crippen molar-refractivity contribution in [3.63, 3.8) is 0 Å². The van der Waals surface area contributed by atoms with E-state index < -0.39 is 0 Å². The van der Waals surface area contributed by atoms with E-state index >= 15 is 0 Å². The van der Waals surface area contributed by atoms with Gasteiger partial charge in [0.25, 0.3) is 5.91 Å². The molecular formula is C14H15N5O2. The Hall–Kier alpha value is -2.88. The molecule has 0 bridgehead atoms. The summed E-state index contributed by atoms with van der Waals surface area (Å²) in [5, 5.41) is 15.7. The van der Waals surface area contributed by atoms with Crippen LogP contribution < -0.4 is 5.73 Å². The first kappa shape index (κ1) is 14.5. The van der Waals surface area contributed by atoms with Crippen LogP contribution in [-0.2, 0) is 6.54 Å². The average Bonchev–Trinajstić information content (AvgIpc) is 2.93. The monoisotopic (exact) mass is 285 g/mol. The Labute approximate surface area is 121 Å². The standard InChI is InChI=1S/C14H15N5O2/c1-2-7-19(14(20)12-13(16)18-21-17-12)9-11-5-3-10(8-15)4-6-11/h3-6H,2,7,9H2,1H3,(H2,16,18). The fraction of sp³-hybridized carbons (Fsp3) is 0.286. The molecule has 7 nitrogen and oxygen atoms in total. The third-order valence-corrected chi connectivity index (χ3v) is 2.95. The van der Waals surface area contributed by atoms with Crippen molar-refractivity contribution >= 4 is 11.7 Å². The summed E-state index contributed by atoms with van der Waals surface area (Å²) in [5.74, 6) is -0.333. The number of anilines is 1. The van der Waals surface area contributed by atoms with Crippen LogP contribution >= 0.6 is 0 Å². The molecule has 1 aromatic heterocycles. The number of nitrogens with zero attached hydrogens (tertiary/aromatic N) is 4. The fourth-order valence-corrected chi connectivity index (χ4v) is 1.92. The molecule has 0 atom stereocenters. The normalized spacial score (nSPS) is 10.1. The Bertz CT molecular complexity index is 657. The molecule has 2 rings (SSSR count). The molecule has 0 spiro atoms. The predicted molar refractivity (Wildman–Crippen MR) is 74.9 cm³/mol. The maximum Gasteiger partial charge on any atom is 0.280 e. The topological polar surface area (TPSA) is 109 Å². The van der Waals surface area contributed by atoms with E-state index in [0.29, 0.717) is 18.7 Å². The first-order valence-corrected chi connectivity index (χ1v) is 6.52. The second-order valence-corrected chi connectivity index (χ2v) is 4.53. The van der Waals surface area contributed by atoms with Crippen LogP contribution in [0.5, 0.6) is 0 Å². The summed E-state index contributed by atoms with van der Waals surface area (Å²) in [7, 11) is 0. The molecule has 108 valence electrons. The maximum atomic E-state index is 12.4. The van der Waals surface area contributed by atoms with Gasteiger partial charge in [-0.15, -0.1) is 0 Å². The number of aromatic nitrogens is 2. The van der Waals surface area contributed by atoms with Gasteiger partial charge in [0.1, 0.15) is 0 Å². The van der Waals surface area contributed by atoms with E-state index in [2.05, 4.69) is 21.0 Å². The highest BCUT2D eigenvalue weighted by Crippen LogP contribution is 2.13. The number of hydrogen-bond acceptors (Lipinski definition) is 6.